The average Bonchev–Trinajstić information content (AvgIpc) is 3.18. The number of nitrogens with zero attached hydrogens (tertiary/aromatic N) is 1. The van der Waals surface area contributed by atoms with Gasteiger partial charge in [0.1, 0.15) is 5.75 Å². The molecule has 0 aliphatic heterocycles. The first-order valence-corrected chi connectivity index (χ1v) is 8.71. The van der Waals surface area contributed by atoms with Gasteiger partial charge in [0, 0.05) is 18.1 Å². The highest BCUT2D eigenvalue weighted by molar-refractivity contribution is 5.92. The van der Waals surface area contributed by atoms with Gasteiger partial charge in [-0.25, -0.2) is 0 Å². The van der Waals surface area contributed by atoms with E-state index in [1.165, 1.54) is 5.56 Å². The van der Waals surface area contributed by atoms with Crippen LogP contribution in [0.15, 0.2) is 67.0 Å². The van der Waals surface area contributed by atoms with Gasteiger partial charge in [0.05, 0.1) is 19.6 Å². The summed E-state index contributed by atoms with van der Waals surface area (Å²) in [5.41, 5.74) is 4.21. The number of benzene rings is 2. The van der Waals surface area contributed by atoms with Crippen molar-refractivity contribution in [2.75, 3.05) is 12.4 Å². The van der Waals surface area contributed by atoms with Crippen LogP contribution < -0.4 is 10.1 Å². The summed E-state index contributed by atoms with van der Waals surface area (Å²) in [6.07, 6.45) is 4.33. The third-order valence-electron chi connectivity index (χ3n) is 4.75. The maximum absolute atomic E-state index is 12.7. The largest absolute Gasteiger partial charge is 0.497 e. The van der Waals surface area contributed by atoms with Gasteiger partial charge in [0.25, 0.3) is 0 Å². The molecule has 134 valence electrons. The Balaban J connectivity index is 1.81. The highest BCUT2D eigenvalue weighted by Crippen LogP contribution is 2.26. The number of aryl methyl sites for hydroxylation is 1. The molecule has 0 spiro atoms. The summed E-state index contributed by atoms with van der Waals surface area (Å²) in [6.45, 7) is 4.07. The lowest BCUT2D eigenvalue weighted by atomic mass is 10.0. The molecule has 0 unspecified atom stereocenters. The van der Waals surface area contributed by atoms with Gasteiger partial charge in [-0.3, -0.25) is 4.79 Å². The number of hydrogen-bond donors (Lipinski definition) is 1. The molecule has 0 saturated heterocycles. The second kappa shape index (κ2) is 7.91. The van der Waals surface area contributed by atoms with Gasteiger partial charge in [-0.15, -0.1) is 0 Å². The van der Waals surface area contributed by atoms with Gasteiger partial charge in [-0.05, 0) is 60.9 Å². The topological polar surface area (TPSA) is 43.3 Å². The third kappa shape index (κ3) is 3.97. The fraction of sp³-hybridized carbons (Fsp3) is 0.227. The van der Waals surface area contributed by atoms with Gasteiger partial charge < -0.3 is 14.6 Å². The standard InChI is InChI=1S/C22H24N2O2/c1-16-7-6-8-20(17(16)2)23-22(25)15-21(24-13-4-5-14-24)18-9-11-19(26-3)12-10-18/h4-14,21H,15H2,1-3H3,(H,23,25)/t21-/m0/s1. The fourth-order valence-electron chi connectivity index (χ4n) is 3.04. The van der Waals surface area contributed by atoms with Crippen LogP contribution >= 0.6 is 0 Å². The Bertz CT molecular complexity index is 868. The SMILES string of the molecule is COc1ccc([C@H](CC(=O)Nc2cccc(C)c2C)n2cccc2)cc1. The van der Waals surface area contributed by atoms with Crippen LogP contribution in [0.1, 0.15) is 29.2 Å². The minimum atomic E-state index is -0.0685. The third-order valence-corrected chi connectivity index (χ3v) is 4.75. The molecule has 4 heteroatoms. The van der Waals surface area contributed by atoms with Crippen molar-refractivity contribution >= 4 is 11.6 Å². The monoisotopic (exact) mass is 348 g/mol. The van der Waals surface area contributed by atoms with Crippen molar-refractivity contribution in [2.24, 2.45) is 0 Å². The summed E-state index contributed by atoms with van der Waals surface area (Å²) < 4.78 is 7.30. The molecule has 0 radical (unpaired) electrons. The van der Waals surface area contributed by atoms with Crippen LogP contribution in [-0.2, 0) is 4.79 Å². The second-order valence-corrected chi connectivity index (χ2v) is 6.42. The molecule has 2 aromatic carbocycles. The number of ether oxygens (including phenoxy) is 1. The molecule has 26 heavy (non-hydrogen) atoms. The van der Waals surface area contributed by atoms with Crippen LogP contribution in [0.3, 0.4) is 0 Å². The van der Waals surface area contributed by atoms with E-state index in [1.54, 1.807) is 7.11 Å². The molecule has 0 fully saturated rings. The van der Waals surface area contributed by atoms with E-state index in [1.807, 2.05) is 80.8 Å². The van der Waals surface area contributed by atoms with Gasteiger partial charge in [-0.2, -0.15) is 0 Å². The van der Waals surface area contributed by atoms with E-state index in [2.05, 4.69) is 9.88 Å². The van der Waals surface area contributed by atoms with Crippen LogP contribution in [0.25, 0.3) is 0 Å². The Morgan fingerprint density at radius 3 is 2.38 bits per heavy atom. The zero-order valence-electron chi connectivity index (χ0n) is 15.4. The van der Waals surface area contributed by atoms with Crippen LogP contribution in [0.5, 0.6) is 5.75 Å². The van der Waals surface area contributed by atoms with Crippen LogP contribution in [0.4, 0.5) is 5.69 Å². The van der Waals surface area contributed by atoms with E-state index in [0.717, 1.165) is 22.6 Å². The summed E-state index contributed by atoms with van der Waals surface area (Å²) in [7, 11) is 1.65. The van der Waals surface area contributed by atoms with Gasteiger partial charge in [0.15, 0.2) is 0 Å². The second-order valence-electron chi connectivity index (χ2n) is 6.42. The van der Waals surface area contributed by atoms with Gasteiger partial charge in [0.2, 0.25) is 5.91 Å². The molecule has 4 nitrogen and oxygen atoms in total. The van der Waals surface area contributed by atoms with Crippen molar-refractivity contribution in [1.29, 1.82) is 0 Å². The zero-order valence-corrected chi connectivity index (χ0v) is 15.4. The van der Waals surface area contributed by atoms with E-state index in [9.17, 15) is 4.79 Å². The first-order valence-electron chi connectivity index (χ1n) is 8.71. The number of anilines is 1. The molecular weight excluding hydrogens is 324 g/mol. The number of amides is 1. The smallest absolute Gasteiger partial charge is 0.226 e. The highest BCUT2D eigenvalue weighted by atomic mass is 16.5. The van der Waals surface area contributed by atoms with Gasteiger partial charge >= 0.3 is 0 Å². The molecule has 1 amide bonds. The lowest BCUT2D eigenvalue weighted by Gasteiger charge is -2.20. The molecule has 0 bridgehead atoms. The molecule has 0 aliphatic rings. The molecule has 1 aromatic heterocycles. The van der Waals surface area contributed by atoms with Crippen molar-refractivity contribution in [2.45, 2.75) is 26.3 Å². The number of rotatable bonds is 6. The first kappa shape index (κ1) is 17.8. The number of nitrogens with one attached hydrogen (secondary N) is 1. The quantitative estimate of drug-likeness (QED) is 0.700. The average molecular weight is 348 g/mol. The van der Waals surface area contributed by atoms with Crippen LogP contribution in [0.2, 0.25) is 0 Å². The maximum Gasteiger partial charge on any atom is 0.226 e. The summed E-state index contributed by atoms with van der Waals surface area (Å²) in [4.78, 5) is 12.7. The Morgan fingerprint density at radius 1 is 1.04 bits per heavy atom. The molecule has 3 rings (SSSR count). The maximum atomic E-state index is 12.7. The Kier molecular flexibility index (Phi) is 5.42. The van der Waals surface area contributed by atoms with Crippen molar-refractivity contribution in [1.82, 2.24) is 4.57 Å². The van der Waals surface area contributed by atoms with Gasteiger partial charge in [-0.1, -0.05) is 24.3 Å². The number of hydrogen-bond acceptors (Lipinski definition) is 2. The normalized spacial score (nSPS) is 11.8. The van der Waals surface area contributed by atoms with Crippen LogP contribution in [0, 0.1) is 13.8 Å². The number of aromatic nitrogens is 1. The minimum absolute atomic E-state index is 0.00628. The predicted octanol–water partition coefficient (Wildman–Crippen LogP) is 4.73. The Morgan fingerprint density at radius 2 is 1.73 bits per heavy atom. The number of carbonyl (C=O) groups is 1. The Labute approximate surface area is 154 Å². The lowest BCUT2D eigenvalue weighted by Crippen LogP contribution is -2.20. The zero-order chi connectivity index (χ0) is 18.5. The van der Waals surface area contributed by atoms with Crippen molar-refractivity contribution < 1.29 is 9.53 Å². The van der Waals surface area contributed by atoms with E-state index in [-0.39, 0.29) is 11.9 Å². The van der Waals surface area contributed by atoms with E-state index < -0.39 is 0 Å². The summed E-state index contributed by atoms with van der Waals surface area (Å²) in [6, 6.07) is 17.7. The molecule has 0 aliphatic carbocycles. The summed E-state index contributed by atoms with van der Waals surface area (Å²) in [5, 5.41) is 3.06. The molecule has 1 atom stereocenters. The first-order chi connectivity index (χ1) is 12.6. The predicted molar refractivity (Wildman–Crippen MR) is 105 cm³/mol. The van der Waals surface area contributed by atoms with Crippen molar-refractivity contribution in [3.8, 4) is 5.75 Å². The van der Waals surface area contributed by atoms with E-state index >= 15 is 0 Å². The van der Waals surface area contributed by atoms with Crippen molar-refractivity contribution in [3.05, 3.63) is 83.7 Å². The summed E-state index contributed by atoms with van der Waals surface area (Å²) >= 11 is 0. The minimum Gasteiger partial charge on any atom is -0.497 e. The van der Waals surface area contributed by atoms with E-state index in [0.29, 0.717) is 6.42 Å². The molecule has 0 saturated carbocycles. The Hall–Kier alpha value is -3.01. The van der Waals surface area contributed by atoms with Crippen molar-refractivity contribution in [3.63, 3.8) is 0 Å². The molecule has 1 N–H and O–H groups in total. The lowest BCUT2D eigenvalue weighted by molar-refractivity contribution is -0.116. The highest BCUT2D eigenvalue weighted by Gasteiger charge is 2.18. The molecule has 3 aromatic rings. The summed E-state index contributed by atoms with van der Waals surface area (Å²) in [5.74, 6) is 0.799. The van der Waals surface area contributed by atoms with Crippen LogP contribution in [-0.4, -0.2) is 17.6 Å². The number of methoxy groups -OCH3 is 1. The fourth-order valence-corrected chi connectivity index (χ4v) is 3.04. The number of carbonyl (C=O) groups excluding carboxylic acids is 1. The molecule has 1 heterocycles. The van der Waals surface area contributed by atoms with E-state index in [4.69, 9.17) is 4.74 Å². The molecular formula is C22H24N2O2.